The average molecular weight is 379 g/mol. The van der Waals surface area contributed by atoms with Gasteiger partial charge in [-0.05, 0) is 36.8 Å². The molecule has 3 aromatic rings. The highest BCUT2D eigenvalue weighted by molar-refractivity contribution is 7.13. The molecule has 27 heavy (non-hydrogen) atoms. The quantitative estimate of drug-likeness (QED) is 0.698. The van der Waals surface area contributed by atoms with Crippen LogP contribution in [0.5, 0.6) is 0 Å². The fraction of sp³-hybridized carbons (Fsp3) is 0.286. The van der Waals surface area contributed by atoms with Crippen molar-refractivity contribution in [3.05, 3.63) is 65.3 Å². The first-order chi connectivity index (χ1) is 13.2. The van der Waals surface area contributed by atoms with Gasteiger partial charge in [0, 0.05) is 43.4 Å². The van der Waals surface area contributed by atoms with Crippen molar-refractivity contribution < 1.29 is 4.79 Å². The van der Waals surface area contributed by atoms with E-state index in [1.165, 1.54) is 22.6 Å². The zero-order valence-corrected chi connectivity index (χ0v) is 16.2. The number of amides is 1. The Balaban J connectivity index is 1.34. The summed E-state index contributed by atoms with van der Waals surface area (Å²) in [6.07, 6.45) is 2.11. The molecule has 3 heterocycles. The molecule has 1 amide bonds. The molecular weight excluding hydrogens is 356 g/mol. The molecule has 0 N–H and O–H groups in total. The molecule has 0 bridgehead atoms. The fourth-order valence-electron chi connectivity index (χ4n) is 3.30. The minimum Gasteiger partial charge on any atom is -0.368 e. The number of aromatic nitrogens is 2. The Hall–Kier alpha value is -2.73. The van der Waals surface area contributed by atoms with Crippen molar-refractivity contribution in [1.82, 2.24) is 14.9 Å². The number of hydrogen-bond donors (Lipinski definition) is 0. The molecule has 2 aromatic heterocycles. The number of carbonyl (C=O) groups excluding carboxylic acids is 1. The number of rotatable bonds is 4. The molecule has 1 aliphatic heterocycles. The number of thiazole rings is 1. The number of piperazine rings is 1. The summed E-state index contributed by atoms with van der Waals surface area (Å²) < 4.78 is 0. The van der Waals surface area contributed by atoms with Crippen molar-refractivity contribution in [2.75, 3.05) is 31.1 Å². The van der Waals surface area contributed by atoms with Gasteiger partial charge in [0.1, 0.15) is 5.01 Å². The first kappa shape index (κ1) is 17.7. The van der Waals surface area contributed by atoms with E-state index in [-0.39, 0.29) is 5.91 Å². The van der Waals surface area contributed by atoms with Crippen LogP contribution in [0.4, 0.5) is 5.69 Å². The first-order valence-corrected chi connectivity index (χ1v) is 10.0. The molecule has 0 radical (unpaired) electrons. The van der Waals surface area contributed by atoms with Crippen molar-refractivity contribution >= 4 is 22.9 Å². The van der Waals surface area contributed by atoms with Gasteiger partial charge in [0.15, 0.2) is 0 Å². The topological polar surface area (TPSA) is 49.3 Å². The first-order valence-electron chi connectivity index (χ1n) is 9.14. The van der Waals surface area contributed by atoms with Crippen LogP contribution >= 0.6 is 11.3 Å². The maximum absolute atomic E-state index is 12.7. The molecule has 5 nitrogen and oxygen atoms in total. The summed E-state index contributed by atoms with van der Waals surface area (Å²) in [5.41, 5.74) is 4.18. The Morgan fingerprint density at radius 3 is 2.70 bits per heavy atom. The van der Waals surface area contributed by atoms with E-state index < -0.39 is 0 Å². The van der Waals surface area contributed by atoms with Gasteiger partial charge in [-0.15, -0.1) is 11.3 Å². The average Bonchev–Trinajstić information content (AvgIpc) is 3.17. The summed E-state index contributed by atoms with van der Waals surface area (Å²) in [5.74, 6) is 0.150. The summed E-state index contributed by atoms with van der Waals surface area (Å²) in [7, 11) is 0. The highest BCUT2D eigenvalue weighted by Crippen LogP contribution is 2.22. The predicted octanol–water partition coefficient (Wildman–Crippen LogP) is 3.40. The van der Waals surface area contributed by atoms with Crippen molar-refractivity contribution in [3.63, 3.8) is 0 Å². The third-order valence-corrected chi connectivity index (χ3v) is 5.68. The number of pyridine rings is 1. The van der Waals surface area contributed by atoms with Gasteiger partial charge in [-0.1, -0.05) is 18.2 Å². The number of benzene rings is 1. The van der Waals surface area contributed by atoms with Crippen LogP contribution in [0.3, 0.4) is 0 Å². The van der Waals surface area contributed by atoms with E-state index in [1.54, 1.807) is 6.20 Å². The molecule has 0 aliphatic carbocycles. The van der Waals surface area contributed by atoms with Crippen molar-refractivity contribution in [2.24, 2.45) is 0 Å². The lowest BCUT2D eigenvalue weighted by Crippen LogP contribution is -2.49. The lowest BCUT2D eigenvalue weighted by atomic mass is 10.2. The van der Waals surface area contributed by atoms with Crippen LogP contribution in [0, 0.1) is 6.92 Å². The van der Waals surface area contributed by atoms with E-state index in [2.05, 4.69) is 46.1 Å². The second kappa shape index (κ2) is 7.88. The van der Waals surface area contributed by atoms with Crippen LogP contribution in [-0.4, -0.2) is 47.0 Å². The van der Waals surface area contributed by atoms with E-state index in [9.17, 15) is 4.79 Å². The van der Waals surface area contributed by atoms with Gasteiger partial charge in [-0.2, -0.15) is 0 Å². The predicted molar refractivity (Wildman–Crippen MR) is 109 cm³/mol. The van der Waals surface area contributed by atoms with Gasteiger partial charge in [0.2, 0.25) is 5.91 Å². The molecule has 1 saturated heterocycles. The van der Waals surface area contributed by atoms with Crippen molar-refractivity contribution in [2.45, 2.75) is 13.3 Å². The minimum absolute atomic E-state index is 0.150. The van der Waals surface area contributed by atoms with E-state index in [0.29, 0.717) is 6.42 Å². The number of hydrogen-bond acceptors (Lipinski definition) is 5. The Morgan fingerprint density at radius 2 is 1.96 bits per heavy atom. The monoisotopic (exact) mass is 378 g/mol. The van der Waals surface area contributed by atoms with E-state index in [1.807, 2.05) is 28.5 Å². The molecule has 4 rings (SSSR count). The maximum atomic E-state index is 12.7. The molecular formula is C21H22N4OS. The SMILES string of the molecule is Cc1cccc(N2CCN(C(=O)Cc3csc(-c4ccccn4)n3)CC2)c1. The normalized spacial score (nSPS) is 14.4. The summed E-state index contributed by atoms with van der Waals surface area (Å²) in [4.78, 5) is 25.9. The molecule has 138 valence electrons. The van der Waals surface area contributed by atoms with Crippen LogP contribution in [0.2, 0.25) is 0 Å². The summed E-state index contributed by atoms with van der Waals surface area (Å²) in [6.45, 7) is 5.35. The van der Waals surface area contributed by atoms with Gasteiger partial charge in [0.05, 0.1) is 17.8 Å². The molecule has 6 heteroatoms. The van der Waals surface area contributed by atoms with Crippen LogP contribution in [0.1, 0.15) is 11.3 Å². The lowest BCUT2D eigenvalue weighted by molar-refractivity contribution is -0.130. The van der Waals surface area contributed by atoms with Gasteiger partial charge >= 0.3 is 0 Å². The van der Waals surface area contributed by atoms with Crippen LogP contribution in [0.15, 0.2) is 54.0 Å². The van der Waals surface area contributed by atoms with Gasteiger partial charge in [-0.3, -0.25) is 9.78 Å². The number of carbonyl (C=O) groups is 1. The van der Waals surface area contributed by atoms with Gasteiger partial charge < -0.3 is 9.80 Å². The molecule has 1 aliphatic rings. The van der Waals surface area contributed by atoms with Crippen LogP contribution in [0.25, 0.3) is 10.7 Å². The lowest BCUT2D eigenvalue weighted by Gasteiger charge is -2.36. The summed E-state index contributed by atoms with van der Waals surface area (Å²) >= 11 is 1.54. The Morgan fingerprint density at radius 1 is 1.11 bits per heavy atom. The zero-order valence-electron chi connectivity index (χ0n) is 15.3. The smallest absolute Gasteiger partial charge is 0.228 e. The van der Waals surface area contributed by atoms with Crippen molar-refractivity contribution in [3.8, 4) is 10.7 Å². The zero-order chi connectivity index (χ0) is 18.6. The highest BCUT2D eigenvalue weighted by Gasteiger charge is 2.22. The second-order valence-electron chi connectivity index (χ2n) is 6.74. The summed E-state index contributed by atoms with van der Waals surface area (Å²) in [5, 5.41) is 2.83. The molecule has 0 saturated carbocycles. The fourth-order valence-corrected chi connectivity index (χ4v) is 4.10. The second-order valence-corrected chi connectivity index (χ2v) is 7.60. The molecule has 1 aromatic carbocycles. The van der Waals surface area contributed by atoms with E-state index in [0.717, 1.165) is 42.6 Å². The Labute approximate surface area is 163 Å². The summed E-state index contributed by atoms with van der Waals surface area (Å²) in [6, 6.07) is 14.3. The molecule has 1 fully saturated rings. The number of nitrogens with zero attached hydrogens (tertiary/aromatic N) is 4. The maximum Gasteiger partial charge on any atom is 0.228 e. The van der Waals surface area contributed by atoms with Crippen LogP contribution in [-0.2, 0) is 11.2 Å². The molecule has 0 atom stereocenters. The third kappa shape index (κ3) is 4.17. The molecule has 0 spiro atoms. The van der Waals surface area contributed by atoms with E-state index in [4.69, 9.17) is 0 Å². The number of anilines is 1. The van der Waals surface area contributed by atoms with Crippen molar-refractivity contribution in [1.29, 1.82) is 0 Å². The van der Waals surface area contributed by atoms with Gasteiger partial charge in [0.25, 0.3) is 0 Å². The third-order valence-electron chi connectivity index (χ3n) is 4.77. The van der Waals surface area contributed by atoms with Crippen LogP contribution < -0.4 is 4.90 Å². The van der Waals surface area contributed by atoms with E-state index >= 15 is 0 Å². The Kier molecular flexibility index (Phi) is 5.16. The highest BCUT2D eigenvalue weighted by atomic mass is 32.1. The molecule has 0 unspecified atom stereocenters. The largest absolute Gasteiger partial charge is 0.368 e. The number of aryl methyl sites for hydroxylation is 1. The standard InChI is InChI=1S/C21H22N4OS/c1-16-5-4-6-18(13-16)24-9-11-25(12-10-24)20(26)14-17-15-27-21(23-17)19-7-2-3-8-22-19/h2-8,13,15H,9-12,14H2,1H3. The minimum atomic E-state index is 0.150. The Bertz CT molecular complexity index is 917. The van der Waals surface area contributed by atoms with Gasteiger partial charge in [-0.25, -0.2) is 4.98 Å².